The highest BCUT2D eigenvalue weighted by Crippen LogP contribution is 2.27. The first kappa shape index (κ1) is 18.6. The van der Waals surface area contributed by atoms with Gasteiger partial charge in [-0.2, -0.15) is 0 Å². The highest BCUT2D eigenvalue weighted by Gasteiger charge is 2.26. The van der Waals surface area contributed by atoms with Gasteiger partial charge in [0.2, 0.25) is 5.91 Å². The van der Waals surface area contributed by atoms with Crippen molar-refractivity contribution in [1.29, 1.82) is 0 Å². The molecule has 1 aromatic carbocycles. The summed E-state index contributed by atoms with van der Waals surface area (Å²) in [6.07, 6.45) is 8.27. The summed E-state index contributed by atoms with van der Waals surface area (Å²) in [6.45, 7) is 2.32. The van der Waals surface area contributed by atoms with Crippen LogP contribution in [-0.2, 0) is 4.79 Å². The van der Waals surface area contributed by atoms with E-state index in [0.717, 1.165) is 17.5 Å². The number of aryl methyl sites for hydroxylation is 1. The normalized spacial score (nSPS) is 16.1. The topological polar surface area (TPSA) is 71.5 Å². The highest BCUT2D eigenvalue weighted by atomic mass is 16.5. The molecule has 0 radical (unpaired) electrons. The Morgan fingerprint density at radius 2 is 2.15 bits per heavy atom. The number of benzene rings is 1. The van der Waals surface area contributed by atoms with E-state index in [0.29, 0.717) is 17.9 Å². The van der Waals surface area contributed by atoms with Gasteiger partial charge in [-0.3, -0.25) is 14.6 Å². The molecule has 0 saturated carbocycles. The van der Waals surface area contributed by atoms with Gasteiger partial charge in [0.05, 0.1) is 19.7 Å². The summed E-state index contributed by atoms with van der Waals surface area (Å²) < 4.78 is 5.18. The van der Waals surface area contributed by atoms with E-state index in [1.54, 1.807) is 36.5 Å². The van der Waals surface area contributed by atoms with Crippen molar-refractivity contribution in [3.8, 4) is 5.75 Å². The van der Waals surface area contributed by atoms with Crippen LogP contribution in [-0.4, -0.2) is 41.9 Å². The molecule has 6 nitrogen and oxygen atoms in total. The van der Waals surface area contributed by atoms with Crippen molar-refractivity contribution in [3.63, 3.8) is 0 Å². The number of hydrogen-bond acceptors (Lipinski definition) is 4. The Hall–Kier alpha value is -3.15. The van der Waals surface area contributed by atoms with Crippen molar-refractivity contribution in [3.05, 3.63) is 71.6 Å². The largest absolute Gasteiger partial charge is 0.497 e. The Morgan fingerprint density at radius 1 is 1.30 bits per heavy atom. The number of methoxy groups -OCH3 is 1. The van der Waals surface area contributed by atoms with Gasteiger partial charge in [0, 0.05) is 24.5 Å². The Morgan fingerprint density at radius 3 is 2.89 bits per heavy atom. The molecule has 2 aromatic rings. The molecule has 0 spiro atoms. The molecule has 0 fully saturated rings. The summed E-state index contributed by atoms with van der Waals surface area (Å²) >= 11 is 0. The molecule has 0 saturated heterocycles. The number of hydrogen-bond donors (Lipinski definition) is 1. The van der Waals surface area contributed by atoms with E-state index in [9.17, 15) is 9.59 Å². The molecular weight excluding hydrogens is 342 g/mol. The molecule has 2 heterocycles. The summed E-state index contributed by atoms with van der Waals surface area (Å²) in [6, 6.07) is 9.07. The maximum Gasteiger partial charge on any atom is 0.252 e. The van der Waals surface area contributed by atoms with Crippen LogP contribution in [0.4, 0.5) is 0 Å². The van der Waals surface area contributed by atoms with Gasteiger partial charge in [-0.1, -0.05) is 24.3 Å². The molecule has 6 heteroatoms. The van der Waals surface area contributed by atoms with Crippen LogP contribution >= 0.6 is 0 Å². The van der Waals surface area contributed by atoms with Gasteiger partial charge < -0.3 is 15.0 Å². The molecule has 1 atom stereocenters. The zero-order valence-corrected chi connectivity index (χ0v) is 15.5. The van der Waals surface area contributed by atoms with Crippen LogP contribution in [0, 0.1) is 6.92 Å². The quantitative estimate of drug-likeness (QED) is 0.827. The fraction of sp³-hybridized carbons (Fsp3) is 0.286. The fourth-order valence-corrected chi connectivity index (χ4v) is 3.16. The van der Waals surface area contributed by atoms with E-state index in [1.807, 2.05) is 31.2 Å². The number of aromatic nitrogens is 1. The van der Waals surface area contributed by atoms with E-state index in [4.69, 9.17) is 4.74 Å². The summed E-state index contributed by atoms with van der Waals surface area (Å²) in [5, 5.41) is 2.73. The van der Waals surface area contributed by atoms with E-state index < -0.39 is 0 Å². The monoisotopic (exact) mass is 365 g/mol. The Balaban J connectivity index is 1.68. The van der Waals surface area contributed by atoms with Crippen LogP contribution in [0.5, 0.6) is 5.75 Å². The van der Waals surface area contributed by atoms with Crippen LogP contribution in [0.1, 0.15) is 33.9 Å². The number of nitrogens with zero attached hydrogens (tertiary/aromatic N) is 2. The van der Waals surface area contributed by atoms with Crippen molar-refractivity contribution >= 4 is 11.8 Å². The van der Waals surface area contributed by atoms with E-state index in [-0.39, 0.29) is 24.4 Å². The van der Waals surface area contributed by atoms with Crippen molar-refractivity contribution in [2.75, 3.05) is 20.2 Å². The minimum atomic E-state index is -0.287. The zero-order valence-electron chi connectivity index (χ0n) is 15.5. The third-order valence-corrected chi connectivity index (χ3v) is 4.68. The Kier molecular flexibility index (Phi) is 5.86. The molecular formula is C21H23N3O3. The van der Waals surface area contributed by atoms with Crippen molar-refractivity contribution in [2.24, 2.45) is 0 Å². The van der Waals surface area contributed by atoms with Gasteiger partial charge in [0.15, 0.2) is 0 Å². The van der Waals surface area contributed by atoms with Crippen LogP contribution in [0.3, 0.4) is 0 Å². The van der Waals surface area contributed by atoms with Gasteiger partial charge in [-0.15, -0.1) is 0 Å². The second-order valence-corrected chi connectivity index (χ2v) is 6.42. The number of ether oxygens (including phenoxy) is 1. The third kappa shape index (κ3) is 4.34. The molecule has 0 bridgehead atoms. The number of carbonyl (C=O) groups excluding carboxylic acids is 2. The predicted molar refractivity (Wildman–Crippen MR) is 103 cm³/mol. The van der Waals surface area contributed by atoms with Gasteiger partial charge >= 0.3 is 0 Å². The molecule has 140 valence electrons. The number of carbonyl (C=O) groups is 2. The maximum atomic E-state index is 12.8. The molecule has 0 aliphatic carbocycles. The van der Waals surface area contributed by atoms with Crippen molar-refractivity contribution in [2.45, 2.75) is 19.4 Å². The lowest BCUT2D eigenvalue weighted by Gasteiger charge is -2.33. The fourth-order valence-electron chi connectivity index (χ4n) is 3.16. The average molecular weight is 365 g/mol. The lowest BCUT2D eigenvalue weighted by molar-refractivity contribution is -0.132. The first-order valence-corrected chi connectivity index (χ1v) is 8.87. The molecule has 3 rings (SSSR count). The SMILES string of the molecule is COc1ccc(C)c(C(=O)NCC(=O)N2CC=CCC2c2cccnc2)c1. The molecule has 1 unspecified atom stereocenters. The van der Waals surface area contributed by atoms with Crippen LogP contribution < -0.4 is 10.1 Å². The maximum absolute atomic E-state index is 12.8. The molecule has 2 amide bonds. The smallest absolute Gasteiger partial charge is 0.252 e. The van der Waals surface area contributed by atoms with E-state index in [2.05, 4.69) is 16.4 Å². The highest BCUT2D eigenvalue weighted by molar-refractivity contribution is 5.98. The molecule has 1 aliphatic rings. The zero-order chi connectivity index (χ0) is 19.2. The summed E-state index contributed by atoms with van der Waals surface area (Å²) in [4.78, 5) is 31.2. The average Bonchev–Trinajstić information content (AvgIpc) is 2.72. The van der Waals surface area contributed by atoms with Gasteiger partial charge in [0.25, 0.3) is 5.91 Å². The predicted octanol–water partition coefficient (Wildman–Crippen LogP) is 2.66. The second kappa shape index (κ2) is 8.49. The van der Waals surface area contributed by atoms with E-state index in [1.165, 1.54) is 0 Å². The lowest BCUT2D eigenvalue weighted by Crippen LogP contribution is -2.43. The van der Waals surface area contributed by atoms with Crippen LogP contribution in [0.2, 0.25) is 0 Å². The summed E-state index contributed by atoms with van der Waals surface area (Å²) in [5.74, 6) is 0.196. The first-order chi connectivity index (χ1) is 13.1. The number of nitrogens with one attached hydrogen (secondary N) is 1. The van der Waals surface area contributed by atoms with Crippen molar-refractivity contribution < 1.29 is 14.3 Å². The number of rotatable bonds is 5. The van der Waals surface area contributed by atoms with Gasteiger partial charge in [-0.05, 0) is 42.7 Å². The Bertz CT molecular complexity index is 849. The molecule has 1 N–H and O–H groups in total. The van der Waals surface area contributed by atoms with Crippen molar-refractivity contribution in [1.82, 2.24) is 15.2 Å². The van der Waals surface area contributed by atoms with Crippen LogP contribution in [0.15, 0.2) is 54.9 Å². The molecule has 1 aromatic heterocycles. The molecule has 1 aliphatic heterocycles. The minimum Gasteiger partial charge on any atom is -0.497 e. The number of pyridine rings is 1. The number of amides is 2. The van der Waals surface area contributed by atoms with Crippen LogP contribution in [0.25, 0.3) is 0 Å². The standard InChI is InChI=1S/C21H23N3O3/c1-15-8-9-17(27-2)12-18(15)21(26)23-14-20(25)24-11-4-3-7-19(24)16-6-5-10-22-13-16/h3-6,8-10,12-13,19H,7,11,14H2,1-2H3,(H,23,26). The second-order valence-electron chi connectivity index (χ2n) is 6.42. The third-order valence-electron chi connectivity index (χ3n) is 4.68. The molecule has 27 heavy (non-hydrogen) atoms. The van der Waals surface area contributed by atoms with E-state index >= 15 is 0 Å². The lowest BCUT2D eigenvalue weighted by atomic mass is 10.0. The minimum absolute atomic E-state index is 0.0555. The van der Waals surface area contributed by atoms with Gasteiger partial charge in [-0.25, -0.2) is 0 Å². The first-order valence-electron chi connectivity index (χ1n) is 8.87. The van der Waals surface area contributed by atoms with Gasteiger partial charge in [0.1, 0.15) is 5.75 Å². The summed E-state index contributed by atoms with van der Waals surface area (Å²) in [7, 11) is 1.55. The summed E-state index contributed by atoms with van der Waals surface area (Å²) in [5.41, 5.74) is 2.32. The Labute approximate surface area is 158 Å².